The molecule has 0 N–H and O–H groups in total. The van der Waals surface area contributed by atoms with Crippen LogP contribution >= 0.6 is 0 Å². The normalized spacial score (nSPS) is 24.9. The summed E-state index contributed by atoms with van der Waals surface area (Å²) in [6, 6.07) is 5.11. The molecule has 1 unspecified atom stereocenters. The molecule has 4 rings (SSSR count). The summed E-state index contributed by atoms with van der Waals surface area (Å²) in [5, 5.41) is 0. The number of likely N-dealkylation sites (N-methyl/N-ethyl adjacent to an activating group) is 1. The van der Waals surface area contributed by atoms with E-state index in [9.17, 15) is 9.59 Å². The van der Waals surface area contributed by atoms with Crippen LogP contribution < -0.4 is 9.47 Å². The van der Waals surface area contributed by atoms with Crippen LogP contribution in [0.4, 0.5) is 4.79 Å². The third kappa shape index (κ3) is 3.81. The first-order chi connectivity index (χ1) is 13.5. The lowest BCUT2D eigenvalue weighted by Gasteiger charge is -2.41. The van der Waals surface area contributed by atoms with Crippen molar-refractivity contribution in [2.45, 2.75) is 57.2 Å². The summed E-state index contributed by atoms with van der Waals surface area (Å²) >= 11 is 0. The third-order valence-corrected chi connectivity index (χ3v) is 6.22. The molecule has 1 amide bonds. The molecule has 1 aromatic rings. The number of hydrogen-bond acceptors (Lipinski definition) is 6. The molecule has 2 heterocycles. The van der Waals surface area contributed by atoms with Gasteiger partial charge in [0, 0.05) is 18.7 Å². The molecule has 0 radical (unpaired) electrons. The molecule has 1 aliphatic carbocycles. The summed E-state index contributed by atoms with van der Waals surface area (Å²) in [5.41, 5.74) is 0.492. The van der Waals surface area contributed by atoms with Gasteiger partial charge in [-0.05, 0) is 70.3 Å². The van der Waals surface area contributed by atoms with Gasteiger partial charge in [0.1, 0.15) is 6.10 Å². The lowest BCUT2D eigenvalue weighted by atomic mass is 9.90. The van der Waals surface area contributed by atoms with E-state index < -0.39 is 12.1 Å². The first-order valence-corrected chi connectivity index (χ1v) is 10.1. The topological polar surface area (TPSA) is 68.3 Å². The molecule has 0 spiro atoms. The second kappa shape index (κ2) is 7.99. The second-order valence-electron chi connectivity index (χ2n) is 7.92. The monoisotopic (exact) mass is 388 g/mol. The number of carbonyl (C=O) groups excluding carboxylic acids is 2. The van der Waals surface area contributed by atoms with E-state index in [2.05, 4.69) is 4.90 Å². The number of nitrogens with zero attached hydrogens (tertiary/aromatic N) is 2. The number of benzene rings is 1. The van der Waals surface area contributed by atoms with Crippen molar-refractivity contribution < 1.29 is 23.8 Å². The molecule has 7 nitrogen and oxygen atoms in total. The van der Waals surface area contributed by atoms with Crippen LogP contribution in [-0.2, 0) is 4.74 Å². The number of carbonyl (C=O) groups is 2. The van der Waals surface area contributed by atoms with Crippen LogP contribution in [0.5, 0.6) is 11.5 Å². The molecule has 1 saturated heterocycles. The molecule has 3 aliphatic rings. The van der Waals surface area contributed by atoms with Crippen molar-refractivity contribution in [2.75, 3.05) is 26.9 Å². The number of rotatable bonds is 5. The van der Waals surface area contributed by atoms with E-state index in [1.165, 1.54) is 24.4 Å². The van der Waals surface area contributed by atoms with Crippen molar-refractivity contribution >= 4 is 11.9 Å². The van der Waals surface area contributed by atoms with Crippen LogP contribution in [0.2, 0.25) is 0 Å². The Kier molecular flexibility index (Phi) is 5.44. The van der Waals surface area contributed by atoms with Crippen molar-refractivity contribution in [3.8, 4) is 11.5 Å². The molecule has 1 saturated carbocycles. The minimum absolute atomic E-state index is 0.0553. The molecule has 2 aliphatic heterocycles. The van der Waals surface area contributed by atoms with Crippen LogP contribution in [0.1, 0.15) is 49.4 Å². The zero-order valence-corrected chi connectivity index (χ0v) is 16.6. The predicted octanol–water partition coefficient (Wildman–Crippen LogP) is 3.07. The Morgan fingerprint density at radius 1 is 1.14 bits per heavy atom. The number of amides is 1. The lowest BCUT2D eigenvalue weighted by molar-refractivity contribution is 0.0147. The van der Waals surface area contributed by atoms with Crippen LogP contribution in [-0.4, -0.2) is 66.8 Å². The molecule has 28 heavy (non-hydrogen) atoms. The van der Waals surface area contributed by atoms with Gasteiger partial charge in [-0.3, -0.25) is 4.79 Å². The smallest absolute Gasteiger partial charge is 0.410 e. The van der Waals surface area contributed by atoms with Gasteiger partial charge in [0.05, 0.1) is 6.04 Å². The first kappa shape index (κ1) is 19.1. The maximum absolute atomic E-state index is 12.8. The number of likely N-dealkylation sites (tertiary alicyclic amines) is 1. The molecule has 2 fully saturated rings. The zero-order chi connectivity index (χ0) is 19.7. The van der Waals surface area contributed by atoms with Gasteiger partial charge >= 0.3 is 6.09 Å². The molecular weight excluding hydrogens is 360 g/mol. The predicted molar refractivity (Wildman–Crippen MR) is 103 cm³/mol. The van der Waals surface area contributed by atoms with Gasteiger partial charge in [-0.1, -0.05) is 0 Å². The summed E-state index contributed by atoms with van der Waals surface area (Å²) in [7, 11) is 1.61. The number of ketones is 1. The van der Waals surface area contributed by atoms with Crippen molar-refractivity contribution in [2.24, 2.45) is 0 Å². The van der Waals surface area contributed by atoms with Crippen molar-refractivity contribution in [3.05, 3.63) is 23.8 Å². The highest BCUT2D eigenvalue weighted by atomic mass is 16.7. The Bertz CT molecular complexity index is 740. The Morgan fingerprint density at radius 3 is 2.54 bits per heavy atom. The van der Waals surface area contributed by atoms with E-state index in [4.69, 9.17) is 14.2 Å². The summed E-state index contributed by atoms with van der Waals surface area (Å²) < 4.78 is 16.3. The number of ether oxygens (including phenoxy) is 3. The Hall–Kier alpha value is -2.28. The summed E-state index contributed by atoms with van der Waals surface area (Å²) in [6.45, 7) is 4.29. The number of hydrogen-bond donors (Lipinski definition) is 0. The molecule has 0 aromatic heterocycles. The van der Waals surface area contributed by atoms with Crippen molar-refractivity contribution in [3.63, 3.8) is 0 Å². The van der Waals surface area contributed by atoms with Gasteiger partial charge in [-0.15, -0.1) is 0 Å². The Morgan fingerprint density at radius 2 is 1.86 bits per heavy atom. The van der Waals surface area contributed by atoms with Crippen LogP contribution in [0.3, 0.4) is 0 Å². The highest BCUT2D eigenvalue weighted by Crippen LogP contribution is 2.33. The largest absolute Gasteiger partial charge is 0.454 e. The highest BCUT2D eigenvalue weighted by Gasteiger charge is 2.32. The maximum Gasteiger partial charge on any atom is 0.410 e. The van der Waals surface area contributed by atoms with Crippen LogP contribution in [0.15, 0.2) is 18.2 Å². The maximum atomic E-state index is 12.8. The van der Waals surface area contributed by atoms with Gasteiger partial charge in [0.15, 0.2) is 17.3 Å². The fraction of sp³-hybridized carbons (Fsp3) is 0.619. The van der Waals surface area contributed by atoms with Gasteiger partial charge in [0.25, 0.3) is 0 Å². The fourth-order valence-corrected chi connectivity index (χ4v) is 4.08. The van der Waals surface area contributed by atoms with Crippen molar-refractivity contribution in [1.82, 2.24) is 9.80 Å². The average molecular weight is 388 g/mol. The van der Waals surface area contributed by atoms with Gasteiger partial charge in [-0.2, -0.15) is 0 Å². The third-order valence-electron chi connectivity index (χ3n) is 6.22. The Labute approximate surface area is 165 Å². The minimum atomic E-state index is -0.620. The molecule has 7 heteroatoms. The van der Waals surface area contributed by atoms with Gasteiger partial charge in [0.2, 0.25) is 6.79 Å². The molecule has 0 bridgehead atoms. The van der Waals surface area contributed by atoms with Crippen molar-refractivity contribution in [1.29, 1.82) is 0 Å². The fourth-order valence-electron chi connectivity index (χ4n) is 4.08. The Balaban J connectivity index is 1.30. The minimum Gasteiger partial charge on any atom is -0.454 e. The van der Waals surface area contributed by atoms with E-state index in [0.29, 0.717) is 23.1 Å². The van der Waals surface area contributed by atoms with E-state index >= 15 is 0 Å². The van der Waals surface area contributed by atoms with E-state index in [-0.39, 0.29) is 18.7 Å². The summed E-state index contributed by atoms with van der Waals surface area (Å²) in [6.07, 6.45) is 4.75. The molecular formula is C21H28N2O5. The number of fused-ring (bicyclic) bond motifs is 1. The van der Waals surface area contributed by atoms with E-state index in [0.717, 1.165) is 25.7 Å². The van der Waals surface area contributed by atoms with E-state index in [1.54, 1.807) is 32.2 Å². The zero-order valence-electron chi connectivity index (χ0n) is 16.6. The lowest BCUT2D eigenvalue weighted by Crippen LogP contribution is -2.48. The first-order valence-electron chi connectivity index (χ1n) is 10.1. The van der Waals surface area contributed by atoms with Crippen LogP contribution in [0, 0.1) is 0 Å². The molecule has 152 valence electrons. The summed E-state index contributed by atoms with van der Waals surface area (Å²) in [5.74, 6) is 1.03. The average Bonchev–Trinajstić information content (AvgIpc) is 3.14. The van der Waals surface area contributed by atoms with E-state index in [1.807, 2.05) is 0 Å². The van der Waals surface area contributed by atoms with Gasteiger partial charge in [-0.25, -0.2) is 4.79 Å². The highest BCUT2D eigenvalue weighted by molar-refractivity contribution is 6.01. The quantitative estimate of drug-likeness (QED) is 0.722. The van der Waals surface area contributed by atoms with Gasteiger partial charge < -0.3 is 24.0 Å². The number of Topliss-reactive ketones (excluding diaryl/α,β-unsaturated/α-hetero) is 1. The SMILES string of the molecule is CC(C(=O)c1ccc2c(c1)OCO2)N(C)C(=O)OC1CCC(N2CCC2)CC1. The van der Waals surface area contributed by atoms with Crippen LogP contribution in [0.25, 0.3) is 0 Å². The summed E-state index contributed by atoms with van der Waals surface area (Å²) in [4.78, 5) is 29.3. The molecule has 1 atom stereocenters. The molecule has 1 aromatic carbocycles. The second-order valence-corrected chi connectivity index (χ2v) is 7.92. The standard InChI is InChI=1S/C21H28N2O5/c1-14(20(24)15-4-9-18-19(12-15)27-13-26-18)22(2)21(25)28-17-7-5-16(6-8-17)23-10-3-11-23/h4,9,12,14,16-17H,3,5-8,10-11,13H2,1-2H3.